The van der Waals surface area contributed by atoms with Crippen LogP contribution in [-0.2, 0) is 0 Å². The second-order valence-corrected chi connectivity index (χ2v) is 3.17. The molecular weight excluding hydrogens is 116 g/mol. The molecule has 0 fully saturated rings. The van der Waals surface area contributed by atoms with Gasteiger partial charge in [-0.25, -0.2) is 0 Å². The molecule has 0 spiro atoms. The lowest BCUT2D eigenvalue weighted by atomic mass is 10.1. The first-order valence-electron chi connectivity index (χ1n) is 3.04. The summed E-state index contributed by atoms with van der Waals surface area (Å²) in [5.41, 5.74) is -0.227. The minimum Gasteiger partial charge on any atom is -0.715 e. The van der Waals surface area contributed by atoms with Crippen LogP contribution in [-0.4, -0.2) is 35.1 Å². The van der Waals surface area contributed by atoms with E-state index in [1.54, 1.807) is 6.34 Å². The lowest BCUT2D eigenvalue weighted by Crippen LogP contribution is -2.33. The van der Waals surface area contributed by atoms with E-state index in [1.165, 1.54) is 0 Å². The van der Waals surface area contributed by atoms with Crippen molar-refractivity contribution in [3.63, 3.8) is 0 Å². The van der Waals surface area contributed by atoms with Gasteiger partial charge in [0.25, 0.3) is 0 Å². The summed E-state index contributed by atoms with van der Waals surface area (Å²) in [7, 11) is 1.90. The lowest BCUT2D eigenvalue weighted by Gasteiger charge is -2.20. The molecular formula is C6H12N2O. The zero-order valence-electron chi connectivity index (χ0n) is 6.09. The van der Waals surface area contributed by atoms with E-state index < -0.39 is 0 Å². The Balaban J connectivity index is 2.76. The van der Waals surface area contributed by atoms with Crippen LogP contribution in [0.3, 0.4) is 0 Å². The Morgan fingerprint density at radius 1 is 1.67 bits per heavy atom. The van der Waals surface area contributed by atoms with Crippen LogP contribution in [0, 0.1) is 5.21 Å². The molecule has 0 saturated carbocycles. The Morgan fingerprint density at radius 2 is 2.22 bits per heavy atom. The molecule has 1 rings (SSSR count). The number of likely N-dealkylation sites (N-methyl/N-ethyl adjacent to an activating group) is 1. The fraction of sp³-hybridized carbons (Fsp3) is 0.833. The molecule has 0 unspecified atom stereocenters. The molecule has 1 aliphatic rings. The third-order valence-corrected chi connectivity index (χ3v) is 1.53. The maximum atomic E-state index is 10.9. The van der Waals surface area contributed by atoms with Gasteiger partial charge in [0, 0.05) is 0 Å². The average Bonchev–Trinajstić information content (AvgIpc) is 1.79. The molecule has 52 valence electrons. The fourth-order valence-electron chi connectivity index (χ4n) is 1.06. The van der Waals surface area contributed by atoms with E-state index in [0.29, 0.717) is 0 Å². The van der Waals surface area contributed by atoms with E-state index in [1.807, 2.05) is 25.8 Å². The zero-order chi connectivity index (χ0) is 7.07. The van der Waals surface area contributed by atoms with Gasteiger partial charge < -0.3 is 5.21 Å². The average molecular weight is 128 g/mol. The standard InChI is InChI=1S/C6H12N2O/c1-6(2)4-7(3)5-8(6)9/h5H,4H2,1-3H3. The largest absolute Gasteiger partial charge is 0.715 e. The molecule has 0 N–H and O–H groups in total. The van der Waals surface area contributed by atoms with Gasteiger partial charge in [0.2, 0.25) is 6.34 Å². The highest BCUT2D eigenvalue weighted by Crippen LogP contribution is 2.13. The van der Waals surface area contributed by atoms with Crippen LogP contribution in [0.4, 0.5) is 0 Å². The maximum absolute atomic E-state index is 10.9. The highest BCUT2D eigenvalue weighted by molar-refractivity contribution is 5.50. The smallest absolute Gasteiger partial charge is 0.237 e. The molecule has 1 aliphatic heterocycles. The topological polar surface area (TPSA) is 29.3 Å². The molecule has 0 saturated heterocycles. The van der Waals surface area contributed by atoms with Crippen molar-refractivity contribution in [3.8, 4) is 0 Å². The van der Waals surface area contributed by atoms with Crippen molar-refractivity contribution >= 4 is 6.34 Å². The van der Waals surface area contributed by atoms with Gasteiger partial charge in [0.05, 0.1) is 7.05 Å². The first-order valence-corrected chi connectivity index (χ1v) is 3.04. The summed E-state index contributed by atoms with van der Waals surface area (Å²) in [6.45, 7) is 4.68. The highest BCUT2D eigenvalue weighted by Gasteiger charge is 2.31. The first-order chi connectivity index (χ1) is 4.02. The van der Waals surface area contributed by atoms with Gasteiger partial charge in [-0.1, -0.05) is 0 Å². The van der Waals surface area contributed by atoms with Crippen LogP contribution in [0.25, 0.3) is 0 Å². The van der Waals surface area contributed by atoms with E-state index in [-0.39, 0.29) is 5.54 Å². The van der Waals surface area contributed by atoms with Gasteiger partial charge in [-0.3, -0.25) is 9.64 Å². The van der Waals surface area contributed by atoms with E-state index in [9.17, 15) is 5.21 Å². The van der Waals surface area contributed by atoms with Crippen molar-refractivity contribution in [2.24, 2.45) is 0 Å². The Hall–Kier alpha value is -0.730. The van der Waals surface area contributed by atoms with Crippen molar-refractivity contribution in [2.75, 3.05) is 13.6 Å². The lowest BCUT2D eigenvalue weighted by molar-refractivity contribution is -0.523. The summed E-state index contributed by atoms with van der Waals surface area (Å²) < 4.78 is 0.993. The van der Waals surface area contributed by atoms with Crippen LogP contribution in [0.1, 0.15) is 13.8 Å². The quantitative estimate of drug-likeness (QED) is 0.345. The van der Waals surface area contributed by atoms with Crippen molar-refractivity contribution in [1.82, 2.24) is 4.90 Å². The van der Waals surface area contributed by atoms with Gasteiger partial charge >= 0.3 is 0 Å². The molecule has 3 nitrogen and oxygen atoms in total. The molecule has 0 bridgehead atoms. The van der Waals surface area contributed by atoms with Crippen molar-refractivity contribution in [1.29, 1.82) is 0 Å². The number of hydrogen-bond donors (Lipinski definition) is 0. The molecule has 9 heavy (non-hydrogen) atoms. The summed E-state index contributed by atoms with van der Waals surface area (Å²) in [5, 5.41) is 10.9. The molecule has 0 aliphatic carbocycles. The summed E-state index contributed by atoms with van der Waals surface area (Å²) in [5.74, 6) is 0. The van der Waals surface area contributed by atoms with Crippen LogP contribution in [0.2, 0.25) is 0 Å². The van der Waals surface area contributed by atoms with Gasteiger partial charge in [-0.15, -0.1) is 0 Å². The summed E-state index contributed by atoms with van der Waals surface area (Å²) >= 11 is 0. The first kappa shape index (κ1) is 6.39. The van der Waals surface area contributed by atoms with Gasteiger partial charge in [-0.05, 0) is 13.8 Å². The van der Waals surface area contributed by atoms with Crippen LogP contribution in [0.5, 0.6) is 0 Å². The van der Waals surface area contributed by atoms with Crippen molar-refractivity contribution in [3.05, 3.63) is 5.21 Å². The molecule has 0 atom stereocenters. The Bertz CT molecular complexity index is 151. The van der Waals surface area contributed by atoms with Crippen LogP contribution < -0.4 is 0 Å². The van der Waals surface area contributed by atoms with Gasteiger partial charge in [0.15, 0.2) is 0 Å². The molecule has 0 amide bonds. The fourth-order valence-corrected chi connectivity index (χ4v) is 1.06. The summed E-state index contributed by atoms with van der Waals surface area (Å²) in [4.78, 5) is 1.90. The third-order valence-electron chi connectivity index (χ3n) is 1.53. The minimum absolute atomic E-state index is 0.227. The molecule has 0 aromatic rings. The van der Waals surface area contributed by atoms with Gasteiger partial charge in [-0.2, -0.15) is 0 Å². The normalized spacial score (nSPS) is 24.3. The Kier molecular flexibility index (Phi) is 1.15. The monoisotopic (exact) mass is 128 g/mol. The minimum atomic E-state index is -0.227. The number of hydroxylamine groups is 1. The van der Waals surface area contributed by atoms with E-state index in [4.69, 9.17) is 0 Å². The van der Waals surface area contributed by atoms with Gasteiger partial charge in [0.1, 0.15) is 12.1 Å². The third kappa shape index (κ3) is 0.992. The van der Waals surface area contributed by atoms with Crippen molar-refractivity contribution < 1.29 is 4.74 Å². The highest BCUT2D eigenvalue weighted by atomic mass is 16.5. The zero-order valence-corrected chi connectivity index (χ0v) is 6.09. The van der Waals surface area contributed by atoms with E-state index in [2.05, 4.69) is 0 Å². The summed E-state index contributed by atoms with van der Waals surface area (Å²) in [6.07, 6.45) is 1.58. The van der Waals surface area contributed by atoms with Crippen LogP contribution in [0.15, 0.2) is 0 Å². The second-order valence-electron chi connectivity index (χ2n) is 3.17. The second kappa shape index (κ2) is 1.62. The van der Waals surface area contributed by atoms with Crippen LogP contribution >= 0.6 is 0 Å². The van der Waals surface area contributed by atoms with E-state index in [0.717, 1.165) is 11.3 Å². The molecule has 0 radical (unpaired) electrons. The number of hydrogen-bond acceptors (Lipinski definition) is 2. The predicted molar refractivity (Wildman–Crippen MR) is 36.4 cm³/mol. The Labute approximate surface area is 55.2 Å². The SMILES string of the molecule is CN1C=[N+]([O-])C(C)(C)C1. The van der Waals surface area contributed by atoms with Crippen molar-refractivity contribution in [2.45, 2.75) is 19.4 Å². The number of nitrogens with zero attached hydrogens (tertiary/aromatic N) is 2. The predicted octanol–water partition coefficient (Wildman–Crippen LogP) is 0.249. The molecule has 0 aromatic heterocycles. The molecule has 1 heterocycles. The molecule has 3 heteroatoms. The molecule has 0 aromatic carbocycles. The number of rotatable bonds is 0. The maximum Gasteiger partial charge on any atom is 0.237 e. The Morgan fingerprint density at radius 3 is 2.33 bits per heavy atom. The van der Waals surface area contributed by atoms with E-state index >= 15 is 0 Å². The summed E-state index contributed by atoms with van der Waals surface area (Å²) in [6, 6.07) is 0.